The van der Waals surface area contributed by atoms with E-state index in [0.29, 0.717) is 12.8 Å². The van der Waals surface area contributed by atoms with Gasteiger partial charge in [0.2, 0.25) is 0 Å². The van der Waals surface area contributed by atoms with Crippen LogP contribution in [0.1, 0.15) is 107 Å². The van der Waals surface area contributed by atoms with E-state index in [4.69, 9.17) is 52.1 Å². The number of fused-ring (bicyclic) bond motifs is 4. The first-order valence-corrected chi connectivity index (χ1v) is 27.9. The molecule has 23 nitrogen and oxygen atoms in total. The summed E-state index contributed by atoms with van der Waals surface area (Å²) in [6.45, 7) is 14.6. The van der Waals surface area contributed by atoms with Crippen molar-refractivity contribution in [3.05, 3.63) is 11.6 Å². The highest BCUT2D eigenvalue weighted by atomic mass is 16.8. The third-order valence-corrected chi connectivity index (χ3v) is 21.0. The van der Waals surface area contributed by atoms with Crippen molar-refractivity contribution >= 4 is 5.97 Å². The van der Waals surface area contributed by atoms with Gasteiger partial charge >= 0.3 is 5.97 Å². The number of allylic oxidation sites excluding steroid dienone is 1. The lowest BCUT2D eigenvalue weighted by atomic mass is 9.40. The summed E-state index contributed by atoms with van der Waals surface area (Å²) in [5.74, 6) is -0.476. The fraction of sp³-hybridized carbons (Fsp3) is 0.944. The maximum atomic E-state index is 14.6. The predicted octanol–water partition coefficient (Wildman–Crippen LogP) is -1.21. The highest BCUT2D eigenvalue weighted by Gasteiger charge is 2.80. The number of carbonyl (C=O) groups is 1. The van der Waals surface area contributed by atoms with Crippen LogP contribution in [0.25, 0.3) is 0 Å². The molecule has 3 saturated carbocycles. The van der Waals surface area contributed by atoms with Gasteiger partial charge in [-0.15, -0.1) is 0 Å². The second-order valence-electron chi connectivity index (χ2n) is 25.9. The minimum Gasteiger partial charge on any atom is -0.456 e. The van der Waals surface area contributed by atoms with E-state index in [1.54, 1.807) is 0 Å². The fourth-order valence-electron chi connectivity index (χ4n) is 16.7. The zero-order valence-corrected chi connectivity index (χ0v) is 45.6. The number of aliphatic hydroxyl groups is 11. The maximum absolute atomic E-state index is 14.6. The van der Waals surface area contributed by atoms with Crippen molar-refractivity contribution in [3.8, 4) is 0 Å². The Morgan fingerprint density at radius 2 is 1.22 bits per heavy atom. The van der Waals surface area contributed by atoms with E-state index in [1.165, 1.54) is 19.6 Å². The van der Waals surface area contributed by atoms with E-state index in [0.717, 1.165) is 38.5 Å². The third kappa shape index (κ3) is 9.06. The number of hydrogen-bond donors (Lipinski definition) is 11. The standard InChI is InChI=1S/C54H86O23/c1-22-40(73-46-39(65)42(35(61)27(20-56)71-46)74-45-38(64)41(67-9)34(60)26(19-55)70-45)36(62)37(63)44(69-22)75-43-33(59)25(57)21-68-47(43)72-31-14-16-51(6)24-18-30(58)54-29(53(8,77-48(54)66)32-13-15-49(2,3)76-32)12-17-52(54,7)23(24)10-11-28(51)50(31,4)5/h18,22-23,25-47,55-65H,10-17,19-21H2,1-9H3/t22-,23+,25-,26-,27-,28-,29-,30+,31+,32-,33+,34-,35-,36-,37-,38-,39-,40-,41+,42+,43-,44+,45+,46+,47+,51-,52+,53-,54-/m1/s1. The Morgan fingerprint density at radius 1 is 0.610 bits per heavy atom. The van der Waals surface area contributed by atoms with Crippen LogP contribution < -0.4 is 0 Å². The van der Waals surface area contributed by atoms with Crippen LogP contribution in [0.5, 0.6) is 0 Å². The molecule has 440 valence electrons. The van der Waals surface area contributed by atoms with Gasteiger partial charge in [-0.2, -0.15) is 0 Å². The van der Waals surface area contributed by atoms with Crippen molar-refractivity contribution in [2.75, 3.05) is 26.9 Å². The van der Waals surface area contributed by atoms with E-state index in [1.807, 2.05) is 13.0 Å². The van der Waals surface area contributed by atoms with Crippen molar-refractivity contribution in [2.24, 2.45) is 39.4 Å². The Labute approximate surface area is 448 Å². The molecule has 4 aliphatic carbocycles. The molecule has 0 aromatic rings. The zero-order valence-electron chi connectivity index (χ0n) is 45.6. The van der Waals surface area contributed by atoms with Crippen molar-refractivity contribution in [2.45, 2.75) is 253 Å². The Hall–Kier alpha value is -1.63. The first-order valence-electron chi connectivity index (χ1n) is 27.9. The first kappa shape index (κ1) is 58.6. The Balaban J connectivity index is 0.817. The lowest BCUT2D eigenvalue weighted by Gasteiger charge is -2.64. The fourth-order valence-corrected chi connectivity index (χ4v) is 16.7. The summed E-state index contributed by atoms with van der Waals surface area (Å²) < 4.78 is 66.5. The number of rotatable bonds is 12. The molecular formula is C54H86O23. The van der Waals surface area contributed by atoms with Crippen LogP contribution in [0, 0.1) is 39.4 Å². The van der Waals surface area contributed by atoms with E-state index in [-0.39, 0.29) is 47.4 Å². The molecule has 0 amide bonds. The maximum Gasteiger partial charge on any atom is 0.316 e. The van der Waals surface area contributed by atoms with Crippen molar-refractivity contribution in [1.82, 2.24) is 0 Å². The molecular weight excluding hydrogens is 1020 g/mol. The highest BCUT2D eigenvalue weighted by Crippen LogP contribution is 2.76. The average molecular weight is 1100 g/mol. The van der Waals surface area contributed by atoms with Gasteiger partial charge in [-0.25, -0.2) is 0 Å². The first-order chi connectivity index (χ1) is 36.1. The van der Waals surface area contributed by atoms with Gasteiger partial charge in [-0.05, 0) is 107 Å². The quantitative estimate of drug-likeness (QED) is 0.0621. The van der Waals surface area contributed by atoms with Crippen LogP contribution in [-0.2, 0) is 56.9 Å². The van der Waals surface area contributed by atoms with Gasteiger partial charge < -0.3 is 108 Å². The predicted molar refractivity (Wildman–Crippen MR) is 261 cm³/mol. The largest absolute Gasteiger partial charge is 0.456 e. The monoisotopic (exact) mass is 1100 g/mol. The number of hydrogen-bond acceptors (Lipinski definition) is 23. The lowest BCUT2D eigenvalue weighted by molar-refractivity contribution is -0.389. The molecule has 0 bridgehead atoms. The molecule has 23 heteroatoms. The summed E-state index contributed by atoms with van der Waals surface area (Å²) in [6, 6.07) is 0. The van der Waals surface area contributed by atoms with Crippen molar-refractivity contribution < 1.29 is 113 Å². The minimum absolute atomic E-state index is 0.0254. The third-order valence-electron chi connectivity index (χ3n) is 21.0. The topological polar surface area (TPSA) is 341 Å². The second-order valence-corrected chi connectivity index (χ2v) is 25.9. The Bertz CT molecular complexity index is 2170. The SMILES string of the molecule is CO[C@@H]1[C@@H](O)[C@H](O[C@@H]2[C@@H](O)[C@H](O[C@H]3[C@H](O)[C@@H](O)[C@H](O[C@H]4[C@H](O[C@H]5CC[C@]6(C)C7=C[C@H](O)[C@@]89C(=O)O[C@@](C)([C@H]%10CCC(C)(C)O%10)[C@H]8CC[C@@]9(C)[C@H]7CC[C@@H]6C5(C)C)OC[C@@H](O)[C@@H]4O)O[C@@H]3C)O[C@H](CO)[C@H]2O)O[C@H](CO)[C@H]1O. The van der Waals surface area contributed by atoms with Gasteiger partial charge in [0, 0.05) is 13.0 Å². The number of ether oxygens (including phenoxy) is 11. The van der Waals surface area contributed by atoms with Gasteiger partial charge in [0.05, 0.1) is 49.8 Å². The normalized spacial score (nSPS) is 55.1. The Kier molecular flexibility index (Phi) is 15.9. The van der Waals surface area contributed by atoms with Crippen LogP contribution in [0.4, 0.5) is 0 Å². The van der Waals surface area contributed by atoms with Crippen molar-refractivity contribution in [3.63, 3.8) is 0 Å². The summed E-state index contributed by atoms with van der Waals surface area (Å²) in [4.78, 5) is 14.6. The van der Waals surface area contributed by atoms with Crippen LogP contribution in [-0.4, -0.2) is 235 Å². The van der Waals surface area contributed by atoms with Crippen LogP contribution >= 0.6 is 0 Å². The Morgan fingerprint density at radius 3 is 1.84 bits per heavy atom. The molecule has 77 heavy (non-hydrogen) atoms. The zero-order chi connectivity index (χ0) is 55.9. The summed E-state index contributed by atoms with van der Waals surface area (Å²) in [6.07, 6.45) is -23.6. The number of esters is 1. The highest BCUT2D eigenvalue weighted by molar-refractivity contribution is 5.84. The van der Waals surface area contributed by atoms with Gasteiger partial charge in [0.25, 0.3) is 0 Å². The molecule has 6 heterocycles. The molecule has 6 aliphatic heterocycles. The molecule has 10 rings (SSSR count). The molecule has 1 spiro atoms. The van der Waals surface area contributed by atoms with Crippen LogP contribution in [0.2, 0.25) is 0 Å². The molecule has 0 unspecified atom stereocenters. The smallest absolute Gasteiger partial charge is 0.316 e. The van der Waals surface area contributed by atoms with Gasteiger partial charge in [0.1, 0.15) is 96.5 Å². The van der Waals surface area contributed by atoms with E-state index in [9.17, 15) is 61.0 Å². The molecule has 10 aliphatic rings. The van der Waals surface area contributed by atoms with E-state index < -0.39 is 164 Å². The summed E-state index contributed by atoms with van der Waals surface area (Å²) in [7, 11) is 1.21. The molecule has 11 N–H and O–H groups in total. The van der Waals surface area contributed by atoms with Gasteiger partial charge in [-0.1, -0.05) is 39.3 Å². The molecule has 29 atom stereocenters. The number of aliphatic hydroxyl groups excluding tert-OH is 11. The average Bonchev–Trinajstić information content (AvgIpc) is 4.02. The van der Waals surface area contributed by atoms with E-state index in [2.05, 4.69) is 41.5 Å². The van der Waals surface area contributed by atoms with Gasteiger partial charge in [0.15, 0.2) is 25.2 Å². The van der Waals surface area contributed by atoms with Crippen molar-refractivity contribution in [1.29, 1.82) is 0 Å². The number of methoxy groups -OCH3 is 1. The van der Waals surface area contributed by atoms with Gasteiger partial charge in [-0.3, -0.25) is 4.79 Å². The second kappa shape index (κ2) is 20.9. The number of cyclic esters (lactones) is 1. The number of carbonyl (C=O) groups excluding carboxylic acids is 1. The van der Waals surface area contributed by atoms with Crippen LogP contribution in [0.15, 0.2) is 11.6 Å². The minimum atomic E-state index is -1.91. The van der Waals surface area contributed by atoms with Crippen LogP contribution in [0.3, 0.4) is 0 Å². The molecule has 0 aromatic heterocycles. The summed E-state index contributed by atoms with van der Waals surface area (Å²) >= 11 is 0. The molecule has 0 aromatic carbocycles. The summed E-state index contributed by atoms with van der Waals surface area (Å²) in [5, 5.41) is 122. The molecule has 0 radical (unpaired) electrons. The lowest BCUT2D eigenvalue weighted by Crippen LogP contribution is -2.67. The molecule has 6 saturated heterocycles. The molecule has 9 fully saturated rings. The van der Waals surface area contributed by atoms with E-state index >= 15 is 0 Å². The summed E-state index contributed by atoms with van der Waals surface area (Å²) in [5.41, 5.74) is -2.61.